The predicted molar refractivity (Wildman–Crippen MR) is 144 cm³/mol. The van der Waals surface area contributed by atoms with E-state index < -0.39 is 21.7 Å². The average molecular weight is 541 g/mol. The molecule has 0 saturated carbocycles. The number of amides is 1. The number of hydrogen-bond acceptors (Lipinski definition) is 6. The van der Waals surface area contributed by atoms with E-state index in [2.05, 4.69) is 19.6 Å². The highest BCUT2D eigenvalue weighted by Crippen LogP contribution is 2.33. The molecular formula is C27H33FN6O3S. The van der Waals surface area contributed by atoms with Gasteiger partial charge < -0.3 is 9.74 Å². The molecule has 2 aromatic heterocycles. The summed E-state index contributed by atoms with van der Waals surface area (Å²) in [4.78, 5) is 22.4. The highest BCUT2D eigenvalue weighted by molar-refractivity contribution is 7.90. The normalized spacial score (nSPS) is 12.7. The molecule has 0 aliphatic carbocycles. The highest BCUT2D eigenvalue weighted by atomic mass is 32.2. The van der Waals surface area contributed by atoms with Crippen molar-refractivity contribution in [2.24, 2.45) is 0 Å². The molecule has 0 spiro atoms. The van der Waals surface area contributed by atoms with E-state index in [-0.39, 0.29) is 35.3 Å². The molecule has 2 heterocycles. The Hall–Kier alpha value is -3.62. The van der Waals surface area contributed by atoms with Crippen LogP contribution in [-0.2, 0) is 21.2 Å². The van der Waals surface area contributed by atoms with Crippen LogP contribution in [-0.4, -0.2) is 48.1 Å². The van der Waals surface area contributed by atoms with Gasteiger partial charge in [0.2, 0.25) is 5.91 Å². The van der Waals surface area contributed by atoms with Crippen LogP contribution in [0.15, 0.2) is 41.6 Å². The molecule has 1 aromatic carbocycles. The van der Waals surface area contributed by atoms with E-state index >= 15 is 0 Å². The molecule has 1 unspecified atom stereocenters. The first-order valence-corrected chi connectivity index (χ1v) is 13.7. The van der Waals surface area contributed by atoms with Crippen LogP contribution < -0.4 is 4.72 Å². The topological polar surface area (TPSA) is 102 Å². The lowest BCUT2D eigenvalue weighted by Gasteiger charge is -2.22. The number of halogens is 1. The molecule has 3 rings (SSSR count). The van der Waals surface area contributed by atoms with Gasteiger partial charge in [0.25, 0.3) is 15.8 Å². The Balaban J connectivity index is 2.01. The Kier molecular flexibility index (Phi) is 8.69. The molecule has 0 bridgehead atoms. The molecule has 38 heavy (non-hydrogen) atoms. The number of carbonyl (C=O) groups is 1. The van der Waals surface area contributed by atoms with Crippen LogP contribution in [0.2, 0.25) is 0 Å². The Morgan fingerprint density at radius 2 is 1.84 bits per heavy atom. The number of nitrogens with one attached hydrogen (secondary N) is 1. The van der Waals surface area contributed by atoms with Crippen molar-refractivity contribution in [1.82, 2.24) is 24.4 Å². The second-order valence-electron chi connectivity index (χ2n) is 9.98. The van der Waals surface area contributed by atoms with E-state index in [4.69, 9.17) is 6.57 Å². The third-order valence-corrected chi connectivity index (χ3v) is 7.58. The van der Waals surface area contributed by atoms with Gasteiger partial charge in [-0.1, -0.05) is 20.4 Å². The summed E-state index contributed by atoms with van der Waals surface area (Å²) < 4.78 is 44.8. The zero-order valence-electron chi connectivity index (χ0n) is 22.7. The maximum atomic E-state index is 14.6. The van der Waals surface area contributed by atoms with Crippen molar-refractivity contribution in [3.8, 4) is 11.1 Å². The number of rotatable bonds is 9. The minimum Gasteiger partial charge on any atom is -0.361 e. The summed E-state index contributed by atoms with van der Waals surface area (Å²) in [5, 5.41) is 4.04. The van der Waals surface area contributed by atoms with Gasteiger partial charge in [-0.15, -0.1) is 4.98 Å². The van der Waals surface area contributed by atoms with E-state index in [1.54, 1.807) is 10.7 Å². The fourth-order valence-electron chi connectivity index (χ4n) is 4.18. The molecule has 1 N–H and O–H groups in total. The van der Waals surface area contributed by atoms with Crippen molar-refractivity contribution in [1.29, 1.82) is 0 Å². The third kappa shape index (κ3) is 6.26. The Morgan fingerprint density at radius 1 is 1.16 bits per heavy atom. The zero-order valence-corrected chi connectivity index (χ0v) is 23.5. The van der Waals surface area contributed by atoms with Crippen LogP contribution in [0.25, 0.3) is 16.0 Å². The van der Waals surface area contributed by atoms with Gasteiger partial charge in [0.05, 0.1) is 12.1 Å². The third-order valence-electron chi connectivity index (χ3n) is 6.34. The van der Waals surface area contributed by atoms with Crippen LogP contribution in [0.1, 0.15) is 69.4 Å². The number of benzene rings is 1. The van der Waals surface area contributed by atoms with Gasteiger partial charge in [-0.05, 0) is 87.3 Å². The fraction of sp³-hybridized carbons (Fsp3) is 0.407. The lowest BCUT2D eigenvalue weighted by molar-refractivity contribution is -0.118. The van der Waals surface area contributed by atoms with Crippen LogP contribution >= 0.6 is 0 Å². The van der Waals surface area contributed by atoms with Gasteiger partial charge in [-0.3, -0.25) is 9.48 Å². The van der Waals surface area contributed by atoms with E-state index in [0.717, 1.165) is 0 Å². The van der Waals surface area contributed by atoms with Crippen molar-refractivity contribution in [3.63, 3.8) is 0 Å². The zero-order chi connectivity index (χ0) is 28.4. The molecule has 0 aliphatic heterocycles. The van der Waals surface area contributed by atoms with E-state index in [9.17, 15) is 17.6 Å². The van der Waals surface area contributed by atoms with Crippen molar-refractivity contribution >= 4 is 21.7 Å². The molecule has 0 fully saturated rings. The maximum absolute atomic E-state index is 14.6. The average Bonchev–Trinajstić information content (AvgIpc) is 3.30. The molecule has 0 radical (unpaired) electrons. The Morgan fingerprint density at radius 3 is 2.42 bits per heavy atom. The van der Waals surface area contributed by atoms with E-state index in [0.29, 0.717) is 27.9 Å². The standard InChI is InChI=1S/C27H33FN6O3S/c1-16(2)21-12-20(28)13-22(19-9-10-30-25(11-19)29-6)23(21)14-26(35)32-38(36,37)27-15-24(18(5)33(7)8)34(31-27)17(3)4/h9-13,15-18H,14H2,1-5,7-8H3,(H,32,35). The lowest BCUT2D eigenvalue weighted by Crippen LogP contribution is -2.32. The number of carbonyl (C=O) groups excluding carboxylic acids is 1. The monoisotopic (exact) mass is 540 g/mol. The van der Waals surface area contributed by atoms with Crippen LogP contribution in [0.3, 0.4) is 0 Å². The molecule has 1 atom stereocenters. The summed E-state index contributed by atoms with van der Waals surface area (Å²) in [6, 6.07) is 7.04. The molecule has 11 heteroatoms. The summed E-state index contributed by atoms with van der Waals surface area (Å²) in [6.07, 6.45) is 1.12. The Bertz CT molecular complexity index is 1490. The molecule has 202 valence electrons. The number of hydrogen-bond donors (Lipinski definition) is 1. The fourth-order valence-corrected chi connectivity index (χ4v) is 5.13. The van der Waals surface area contributed by atoms with Gasteiger partial charge in [-0.2, -0.15) is 13.5 Å². The van der Waals surface area contributed by atoms with Crippen molar-refractivity contribution < 1.29 is 17.6 Å². The maximum Gasteiger partial charge on any atom is 0.283 e. The highest BCUT2D eigenvalue weighted by Gasteiger charge is 2.27. The molecule has 1 amide bonds. The summed E-state index contributed by atoms with van der Waals surface area (Å²) >= 11 is 0. The smallest absolute Gasteiger partial charge is 0.283 e. The van der Waals surface area contributed by atoms with Gasteiger partial charge in [0.1, 0.15) is 12.0 Å². The molecular weight excluding hydrogens is 507 g/mol. The van der Waals surface area contributed by atoms with Gasteiger partial charge >= 0.3 is 0 Å². The van der Waals surface area contributed by atoms with Crippen molar-refractivity contribution in [2.75, 3.05) is 14.1 Å². The van der Waals surface area contributed by atoms with Gasteiger partial charge in [-0.25, -0.2) is 9.11 Å². The van der Waals surface area contributed by atoms with Crippen LogP contribution in [0.4, 0.5) is 10.2 Å². The summed E-state index contributed by atoms with van der Waals surface area (Å²) in [6.45, 7) is 16.7. The first-order valence-electron chi connectivity index (χ1n) is 12.2. The molecule has 0 saturated heterocycles. The van der Waals surface area contributed by atoms with Gasteiger partial charge in [0.15, 0.2) is 5.03 Å². The number of pyridine rings is 1. The molecule has 0 aliphatic rings. The Labute approximate surface area is 223 Å². The first kappa shape index (κ1) is 28.9. The first-order chi connectivity index (χ1) is 17.7. The number of sulfonamides is 1. The van der Waals surface area contributed by atoms with Crippen molar-refractivity contribution in [3.05, 3.63) is 70.6 Å². The summed E-state index contributed by atoms with van der Waals surface area (Å²) in [5.74, 6) is -1.30. The second-order valence-corrected chi connectivity index (χ2v) is 11.6. The SMILES string of the molecule is [C-]#[N+]c1cc(-c2cc(F)cc(C(C)C)c2CC(=O)NS(=O)(=O)c2cc(C(C)N(C)C)n(C(C)C)n2)ccn1. The quantitative estimate of drug-likeness (QED) is 0.383. The number of aromatic nitrogens is 3. The minimum absolute atomic E-state index is 0.0943. The molecule has 9 nitrogen and oxygen atoms in total. The lowest BCUT2D eigenvalue weighted by atomic mass is 9.88. The summed E-state index contributed by atoms with van der Waals surface area (Å²) in [7, 11) is -0.510. The van der Waals surface area contributed by atoms with Gasteiger partial charge in [0, 0.05) is 18.2 Å². The minimum atomic E-state index is -4.28. The van der Waals surface area contributed by atoms with Crippen LogP contribution in [0, 0.1) is 12.4 Å². The second kappa shape index (κ2) is 11.4. The summed E-state index contributed by atoms with van der Waals surface area (Å²) in [5.41, 5.74) is 2.66. The van der Waals surface area contributed by atoms with E-state index in [1.165, 1.54) is 30.5 Å². The predicted octanol–water partition coefficient (Wildman–Crippen LogP) is 5.01. The number of nitrogens with zero attached hydrogens (tertiary/aromatic N) is 5. The van der Waals surface area contributed by atoms with E-state index in [1.807, 2.05) is 53.6 Å². The van der Waals surface area contributed by atoms with Crippen LogP contribution in [0.5, 0.6) is 0 Å². The largest absolute Gasteiger partial charge is 0.361 e. The molecule has 3 aromatic rings. The van der Waals surface area contributed by atoms with Crippen molar-refractivity contribution in [2.45, 2.75) is 64.1 Å².